The van der Waals surface area contributed by atoms with Crippen molar-refractivity contribution in [3.63, 3.8) is 0 Å². The number of benzene rings is 2. The number of hydrogen-bond acceptors (Lipinski definition) is 3. The third-order valence-corrected chi connectivity index (χ3v) is 4.06. The highest BCUT2D eigenvalue weighted by molar-refractivity contribution is 5.88. The fourth-order valence-electron chi connectivity index (χ4n) is 2.91. The number of hydroxylamine groups is 1. The molecule has 4 heteroatoms. The zero-order chi connectivity index (χ0) is 16.1. The summed E-state index contributed by atoms with van der Waals surface area (Å²) < 4.78 is 0. The lowest BCUT2D eigenvalue weighted by Crippen LogP contribution is -2.21. The maximum absolute atomic E-state index is 11.1. The predicted molar refractivity (Wildman–Crippen MR) is 92.6 cm³/mol. The van der Waals surface area contributed by atoms with Crippen LogP contribution in [-0.4, -0.2) is 17.7 Å². The van der Waals surface area contributed by atoms with Crippen molar-refractivity contribution >= 4 is 29.4 Å². The van der Waals surface area contributed by atoms with Gasteiger partial charge in [-0.25, -0.2) is 5.48 Å². The predicted octanol–water partition coefficient (Wildman–Crippen LogP) is 3.98. The van der Waals surface area contributed by atoms with Crippen LogP contribution in [0, 0.1) is 0 Å². The molecule has 0 aliphatic carbocycles. The summed E-state index contributed by atoms with van der Waals surface area (Å²) in [4.78, 5) is 13.4. The zero-order valence-electron chi connectivity index (χ0n) is 12.9. The van der Waals surface area contributed by atoms with Gasteiger partial charge in [-0.3, -0.25) is 10.0 Å². The molecule has 1 aliphatic rings. The lowest BCUT2D eigenvalue weighted by atomic mass is 10.1. The molecular formula is C19H20N2O2. The van der Waals surface area contributed by atoms with E-state index in [1.165, 1.54) is 22.5 Å². The van der Waals surface area contributed by atoms with Crippen molar-refractivity contribution in [1.29, 1.82) is 0 Å². The summed E-state index contributed by atoms with van der Waals surface area (Å²) in [6, 6.07) is 16.7. The van der Waals surface area contributed by atoms with Crippen LogP contribution in [0.15, 0.2) is 48.5 Å². The number of unbranched alkanes of at least 4 members (excludes halogenated alkanes) is 1. The monoisotopic (exact) mass is 308 g/mol. The quantitative estimate of drug-likeness (QED) is 0.499. The summed E-state index contributed by atoms with van der Waals surface area (Å²) >= 11 is 0. The van der Waals surface area contributed by atoms with Gasteiger partial charge in [0.05, 0.1) is 0 Å². The number of amides is 1. The van der Waals surface area contributed by atoms with Crippen molar-refractivity contribution < 1.29 is 10.0 Å². The number of hydrogen-bond donors (Lipinski definition) is 2. The molecule has 2 N–H and O–H groups in total. The molecule has 1 amide bonds. The van der Waals surface area contributed by atoms with Gasteiger partial charge < -0.3 is 4.90 Å². The molecule has 1 heterocycles. The van der Waals surface area contributed by atoms with Crippen LogP contribution < -0.4 is 10.4 Å². The fraction of sp³-hybridized carbons (Fsp3) is 0.211. The molecule has 0 atom stereocenters. The molecule has 0 saturated carbocycles. The maximum Gasteiger partial charge on any atom is 0.243 e. The minimum absolute atomic E-state index is 0.330. The van der Waals surface area contributed by atoms with Gasteiger partial charge >= 0.3 is 0 Å². The molecule has 2 aromatic rings. The Morgan fingerprint density at radius 1 is 0.913 bits per heavy atom. The minimum atomic E-state index is -0.330. The van der Waals surface area contributed by atoms with E-state index in [0.29, 0.717) is 6.42 Å². The van der Waals surface area contributed by atoms with Crippen LogP contribution in [0.25, 0.3) is 12.2 Å². The lowest BCUT2D eigenvalue weighted by Gasteiger charge is -2.27. The van der Waals surface area contributed by atoms with E-state index < -0.39 is 0 Å². The SMILES string of the molecule is O=C(CCCCN1c2ccccc2C=Cc2ccccc21)NO. The molecular weight excluding hydrogens is 288 g/mol. The first kappa shape index (κ1) is 15.3. The van der Waals surface area contributed by atoms with Gasteiger partial charge in [0.15, 0.2) is 0 Å². The average molecular weight is 308 g/mol. The van der Waals surface area contributed by atoms with Crippen LogP contribution in [0.1, 0.15) is 30.4 Å². The molecule has 0 fully saturated rings. The largest absolute Gasteiger partial charge is 0.341 e. The average Bonchev–Trinajstić information content (AvgIpc) is 2.76. The summed E-state index contributed by atoms with van der Waals surface area (Å²) in [6.45, 7) is 0.828. The Bertz CT molecular complexity index is 675. The summed E-state index contributed by atoms with van der Waals surface area (Å²) in [5, 5.41) is 8.56. The zero-order valence-corrected chi connectivity index (χ0v) is 12.9. The van der Waals surface area contributed by atoms with E-state index in [-0.39, 0.29) is 5.91 Å². The second-order valence-corrected chi connectivity index (χ2v) is 5.59. The Morgan fingerprint density at radius 2 is 1.48 bits per heavy atom. The van der Waals surface area contributed by atoms with Gasteiger partial charge in [-0.2, -0.15) is 0 Å². The highest BCUT2D eigenvalue weighted by atomic mass is 16.5. The van der Waals surface area contributed by atoms with E-state index in [4.69, 9.17) is 5.21 Å². The minimum Gasteiger partial charge on any atom is -0.341 e. The molecule has 0 spiro atoms. The number of para-hydroxylation sites is 2. The van der Waals surface area contributed by atoms with Crippen molar-refractivity contribution in [2.24, 2.45) is 0 Å². The van der Waals surface area contributed by atoms with Gasteiger partial charge in [-0.1, -0.05) is 48.6 Å². The number of rotatable bonds is 5. The van der Waals surface area contributed by atoms with Gasteiger partial charge in [0.25, 0.3) is 0 Å². The van der Waals surface area contributed by atoms with Crippen LogP contribution in [0.5, 0.6) is 0 Å². The number of fused-ring (bicyclic) bond motifs is 2. The second kappa shape index (κ2) is 7.11. The lowest BCUT2D eigenvalue weighted by molar-refractivity contribution is -0.129. The van der Waals surface area contributed by atoms with Crippen LogP contribution in [0.4, 0.5) is 11.4 Å². The van der Waals surface area contributed by atoms with E-state index in [9.17, 15) is 4.79 Å². The third kappa shape index (κ3) is 3.43. The second-order valence-electron chi connectivity index (χ2n) is 5.59. The number of carbonyl (C=O) groups is 1. The molecule has 0 aromatic heterocycles. The van der Waals surface area contributed by atoms with Gasteiger partial charge in [0.1, 0.15) is 0 Å². The highest BCUT2D eigenvalue weighted by Crippen LogP contribution is 2.36. The molecule has 23 heavy (non-hydrogen) atoms. The van der Waals surface area contributed by atoms with E-state index in [1.54, 1.807) is 5.48 Å². The molecule has 2 aromatic carbocycles. The first-order chi connectivity index (χ1) is 11.3. The van der Waals surface area contributed by atoms with Crippen molar-refractivity contribution in [2.45, 2.75) is 19.3 Å². The van der Waals surface area contributed by atoms with Crippen LogP contribution >= 0.6 is 0 Å². The summed E-state index contributed by atoms with van der Waals surface area (Å²) in [5.74, 6) is -0.330. The van der Waals surface area contributed by atoms with Crippen molar-refractivity contribution in [3.05, 3.63) is 59.7 Å². The molecule has 118 valence electrons. The van der Waals surface area contributed by atoms with Gasteiger partial charge in [-0.15, -0.1) is 0 Å². The number of carbonyl (C=O) groups excluding carboxylic acids is 1. The molecule has 0 saturated heterocycles. The van der Waals surface area contributed by atoms with Gasteiger partial charge in [0.2, 0.25) is 5.91 Å². The summed E-state index contributed by atoms with van der Waals surface area (Å²) in [7, 11) is 0. The number of nitrogens with zero attached hydrogens (tertiary/aromatic N) is 1. The van der Waals surface area contributed by atoms with Gasteiger partial charge in [-0.05, 0) is 36.1 Å². The Balaban J connectivity index is 1.83. The molecule has 1 aliphatic heterocycles. The number of anilines is 2. The Hall–Kier alpha value is -2.59. The third-order valence-electron chi connectivity index (χ3n) is 4.06. The molecule has 0 bridgehead atoms. The summed E-state index contributed by atoms with van der Waals surface area (Å²) in [5.41, 5.74) is 6.43. The Kier molecular flexibility index (Phi) is 4.74. The molecule has 4 nitrogen and oxygen atoms in total. The van der Waals surface area contributed by atoms with E-state index in [1.807, 2.05) is 24.3 Å². The molecule has 0 unspecified atom stereocenters. The van der Waals surface area contributed by atoms with Crippen LogP contribution in [0.2, 0.25) is 0 Å². The van der Waals surface area contributed by atoms with Crippen molar-refractivity contribution in [3.8, 4) is 0 Å². The first-order valence-corrected chi connectivity index (χ1v) is 7.86. The molecule has 0 radical (unpaired) electrons. The maximum atomic E-state index is 11.1. The standard InChI is InChI=1S/C19H20N2O2/c22-19(20-23)11-5-6-14-21-17-9-3-1-7-15(17)12-13-16-8-2-4-10-18(16)21/h1-4,7-10,12-13,23H,5-6,11,14H2,(H,20,22). The Morgan fingerprint density at radius 3 is 2.04 bits per heavy atom. The van der Waals surface area contributed by atoms with Crippen molar-refractivity contribution in [2.75, 3.05) is 11.4 Å². The normalized spacial score (nSPS) is 12.3. The van der Waals surface area contributed by atoms with E-state index >= 15 is 0 Å². The van der Waals surface area contributed by atoms with E-state index in [2.05, 4.69) is 41.3 Å². The van der Waals surface area contributed by atoms with Gasteiger partial charge in [0, 0.05) is 24.3 Å². The topological polar surface area (TPSA) is 52.6 Å². The van der Waals surface area contributed by atoms with E-state index in [0.717, 1.165) is 19.4 Å². The highest BCUT2D eigenvalue weighted by Gasteiger charge is 2.16. The smallest absolute Gasteiger partial charge is 0.243 e. The Labute approximate surface area is 136 Å². The van der Waals surface area contributed by atoms with Crippen molar-refractivity contribution in [1.82, 2.24) is 5.48 Å². The first-order valence-electron chi connectivity index (χ1n) is 7.86. The summed E-state index contributed by atoms with van der Waals surface area (Å²) in [6.07, 6.45) is 6.24. The fourth-order valence-corrected chi connectivity index (χ4v) is 2.91. The molecule has 3 rings (SSSR count). The van der Waals surface area contributed by atoms with Crippen LogP contribution in [0.3, 0.4) is 0 Å². The number of nitrogens with one attached hydrogen (secondary N) is 1. The van der Waals surface area contributed by atoms with Crippen LogP contribution in [-0.2, 0) is 4.79 Å².